The van der Waals surface area contributed by atoms with Crippen molar-refractivity contribution in [3.8, 4) is 56.4 Å². The van der Waals surface area contributed by atoms with E-state index in [4.69, 9.17) is 23.8 Å². The molecule has 0 aliphatic carbocycles. The van der Waals surface area contributed by atoms with Gasteiger partial charge in [0.25, 0.3) is 0 Å². The lowest BCUT2D eigenvalue weighted by molar-refractivity contribution is 0.668. The van der Waals surface area contributed by atoms with Gasteiger partial charge in [-0.1, -0.05) is 146 Å². The van der Waals surface area contributed by atoms with Crippen molar-refractivity contribution in [1.29, 1.82) is 0 Å². The fraction of sp³-hybridized carbons (Fsp3) is 0. The highest BCUT2D eigenvalue weighted by atomic mass is 16.3. The topological polar surface area (TPSA) is 65.0 Å². The van der Waals surface area contributed by atoms with Gasteiger partial charge in [-0.3, -0.25) is 0 Å². The van der Waals surface area contributed by atoms with E-state index in [1.54, 1.807) is 0 Å². The Morgan fingerprint density at radius 3 is 1.50 bits per heavy atom. The van der Waals surface area contributed by atoms with Crippen LogP contribution in [0.3, 0.4) is 0 Å². The molecule has 0 unspecified atom stereocenters. The molecule has 0 aliphatic heterocycles. The second kappa shape index (κ2) is 12.8. The van der Waals surface area contributed by atoms with E-state index >= 15 is 0 Å². The highest BCUT2D eigenvalue weighted by Gasteiger charge is 2.17. The van der Waals surface area contributed by atoms with Gasteiger partial charge in [0.15, 0.2) is 17.5 Å². The summed E-state index contributed by atoms with van der Waals surface area (Å²) in [6.45, 7) is 0. The summed E-state index contributed by atoms with van der Waals surface area (Å²) in [5.74, 6) is 1.81. The first kappa shape index (κ1) is 32.4. The monoisotopic (exact) mass is 741 g/mol. The van der Waals surface area contributed by atoms with Crippen molar-refractivity contribution >= 4 is 65.4 Å². The van der Waals surface area contributed by atoms with E-state index in [0.29, 0.717) is 17.5 Å². The van der Waals surface area contributed by atoms with Gasteiger partial charge in [0.1, 0.15) is 22.3 Å². The second-order valence-electron chi connectivity index (χ2n) is 14.8. The Bertz CT molecular complexity index is 3570. The van der Waals surface area contributed by atoms with Crippen molar-refractivity contribution in [2.24, 2.45) is 0 Å². The van der Waals surface area contributed by atoms with E-state index in [-0.39, 0.29) is 0 Å². The van der Waals surface area contributed by atoms with E-state index in [0.717, 1.165) is 93.2 Å². The van der Waals surface area contributed by atoms with Gasteiger partial charge >= 0.3 is 0 Å². The summed E-state index contributed by atoms with van der Waals surface area (Å²) in [5, 5.41) is 8.87. The van der Waals surface area contributed by atoms with E-state index in [1.807, 2.05) is 42.5 Å². The Hall–Kier alpha value is -7.89. The molecule has 12 rings (SSSR count). The molecule has 0 amide bonds. The van der Waals surface area contributed by atoms with Gasteiger partial charge in [-0.15, -0.1) is 0 Å². The van der Waals surface area contributed by atoms with Crippen LogP contribution in [0.2, 0.25) is 0 Å². The molecule has 58 heavy (non-hydrogen) atoms. The zero-order valence-electron chi connectivity index (χ0n) is 31.1. The smallest absolute Gasteiger partial charge is 0.164 e. The minimum absolute atomic E-state index is 0.602. The lowest BCUT2D eigenvalue weighted by atomic mass is 9.98. The maximum absolute atomic E-state index is 6.26. The number of fused-ring (bicyclic) bond motifs is 9. The number of para-hydroxylation sites is 2. The first-order chi connectivity index (χ1) is 28.7. The number of furan rings is 2. The predicted molar refractivity (Wildman–Crippen MR) is 237 cm³/mol. The normalized spacial score (nSPS) is 11.8. The molecule has 0 radical (unpaired) electrons. The standard InChI is InChI=1S/C53H31N3O2/c1-2-9-32(10-3-1)36-22-23-38-30-39(26-24-37(38)29-36)52-54-51(35-20-17-33(18-21-35)41-13-8-16-47-49(41)42-11-4-6-14-45(42)57-47)55-53(56-52)40-25-19-34-27-28-48-50(44(34)31-40)43-12-5-7-15-46(43)58-48/h1-31H. The summed E-state index contributed by atoms with van der Waals surface area (Å²) in [4.78, 5) is 15.5. The van der Waals surface area contributed by atoms with Crippen molar-refractivity contribution in [1.82, 2.24) is 15.0 Å². The molecule has 270 valence electrons. The molecule has 3 aromatic heterocycles. The molecule has 5 heteroatoms. The van der Waals surface area contributed by atoms with Crippen molar-refractivity contribution in [3.63, 3.8) is 0 Å². The third-order valence-corrected chi connectivity index (χ3v) is 11.3. The summed E-state index contributed by atoms with van der Waals surface area (Å²) in [6, 6.07) is 65.2. The molecule has 0 atom stereocenters. The van der Waals surface area contributed by atoms with Crippen LogP contribution in [-0.2, 0) is 0 Å². The molecule has 3 heterocycles. The molecular formula is C53H31N3O2. The number of nitrogens with zero attached hydrogens (tertiary/aromatic N) is 3. The molecule has 5 nitrogen and oxygen atoms in total. The molecule has 0 bridgehead atoms. The van der Waals surface area contributed by atoms with Crippen LogP contribution in [0.4, 0.5) is 0 Å². The average Bonchev–Trinajstić information content (AvgIpc) is 3.88. The van der Waals surface area contributed by atoms with Gasteiger partial charge in [0.2, 0.25) is 0 Å². The zero-order chi connectivity index (χ0) is 38.2. The van der Waals surface area contributed by atoms with Gasteiger partial charge in [-0.25, -0.2) is 15.0 Å². The second-order valence-corrected chi connectivity index (χ2v) is 14.8. The van der Waals surface area contributed by atoms with Crippen LogP contribution in [0.1, 0.15) is 0 Å². The lowest BCUT2D eigenvalue weighted by Crippen LogP contribution is -2.00. The largest absolute Gasteiger partial charge is 0.456 e. The third-order valence-electron chi connectivity index (χ3n) is 11.3. The number of hydrogen-bond donors (Lipinski definition) is 0. The maximum Gasteiger partial charge on any atom is 0.164 e. The van der Waals surface area contributed by atoms with Gasteiger partial charge in [0.05, 0.1) is 0 Å². The van der Waals surface area contributed by atoms with Gasteiger partial charge in [0, 0.05) is 38.2 Å². The fourth-order valence-electron chi connectivity index (χ4n) is 8.45. The van der Waals surface area contributed by atoms with E-state index in [1.165, 1.54) is 11.1 Å². The molecule has 12 aromatic rings. The molecule has 0 fully saturated rings. The van der Waals surface area contributed by atoms with Crippen LogP contribution < -0.4 is 0 Å². The van der Waals surface area contributed by atoms with Crippen molar-refractivity contribution in [2.45, 2.75) is 0 Å². The minimum atomic E-state index is 0.602. The summed E-state index contributed by atoms with van der Waals surface area (Å²) in [7, 11) is 0. The quantitative estimate of drug-likeness (QED) is 0.176. The lowest BCUT2D eigenvalue weighted by Gasteiger charge is -2.11. The summed E-state index contributed by atoms with van der Waals surface area (Å²) >= 11 is 0. The van der Waals surface area contributed by atoms with Crippen molar-refractivity contribution in [3.05, 3.63) is 188 Å². The first-order valence-corrected chi connectivity index (χ1v) is 19.4. The summed E-state index contributed by atoms with van der Waals surface area (Å²) in [5.41, 5.74) is 10.8. The minimum Gasteiger partial charge on any atom is -0.456 e. The van der Waals surface area contributed by atoms with E-state index < -0.39 is 0 Å². The molecule has 0 aliphatic rings. The van der Waals surface area contributed by atoms with Crippen LogP contribution in [0.15, 0.2) is 197 Å². The number of benzene rings is 9. The Labute approximate surface area is 332 Å². The Balaban J connectivity index is 1.01. The molecular weight excluding hydrogens is 711 g/mol. The zero-order valence-corrected chi connectivity index (χ0v) is 31.1. The molecule has 0 saturated carbocycles. The van der Waals surface area contributed by atoms with Crippen molar-refractivity contribution < 1.29 is 8.83 Å². The van der Waals surface area contributed by atoms with Gasteiger partial charge in [-0.05, 0) is 86.3 Å². The average molecular weight is 742 g/mol. The van der Waals surface area contributed by atoms with Gasteiger partial charge < -0.3 is 8.83 Å². The molecule has 0 N–H and O–H groups in total. The highest BCUT2D eigenvalue weighted by molar-refractivity contribution is 6.19. The van der Waals surface area contributed by atoms with Crippen LogP contribution in [0.5, 0.6) is 0 Å². The summed E-state index contributed by atoms with van der Waals surface area (Å²) < 4.78 is 12.5. The van der Waals surface area contributed by atoms with Crippen LogP contribution in [0.25, 0.3) is 122 Å². The van der Waals surface area contributed by atoms with E-state index in [9.17, 15) is 0 Å². The van der Waals surface area contributed by atoms with Crippen LogP contribution in [0, 0.1) is 0 Å². The first-order valence-electron chi connectivity index (χ1n) is 19.4. The Morgan fingerprint density at radius 1 is 0.276 bits per heavy atom. The van der Waals surface area contributed by atoms with Crippen LogP contribution >= 0.6 is 0 Å². The SMILES string of the molecule is c1ccc(-c2ccc3cc(-c4nc(-c5ccc(-c6cccc7oc8ccccc8c67)cc5)nc(-c5ccc6ccc7oc8ccccc8c7c6c5)n4)ccc3c2)cc1. The molecule has 9 aromatic carbocycles. The third kappa shape index (κ3) is 5.29. The highest BCUT2D eigenvalue weighted by Crippen LogP contribution is 2.39. The Morgan fingerprint density at radius 2 is 0.776 bits per heavy atom. The maximum atomic E-state index is 6.26. The fourth-order valence-corrected chi connectivity index (χ4v) is 8.45. The number of aromatic nitrogens is 3. The van der Waals surface area contributed by atoms with Gasteiger partial charge in [-0.2, -0.15) is 0 Å². The Kier molecular flexibility index (Phi) is 7.16. The van der Waals surface area contributed by atoms with Crippen molar-refractivity contribution in [2.75, 3.05) is 0 Å². The number of rotatable bonds is 5. The summed E-state index contributed by atoms with van der Waals surface area (Å²) in [6.07, 6.45) is 0. The molecule has 0 spiro atoms. The molecule has 0 saturated heterocycles. The number of hydrogen-bond acceptors (Lipinski definition) is 5. The van der Waals surface area contributed by atoms with Crippen LogP contribution in [-0.4, -0.2) is 15.0 Å². The van der Waals surface area contributed by atoms with E-state index in [2.05, 4.69) is 146 Å². The predicted octanol–water partition coefficient (Wildman–Crippen LogP) is 14.3.